The van der Waals surface area contributed by atoms with Gasteiger partial charge in [0, 0.05) is 5.69 Å². The van der Waals surface area contributed by atoms with Crippen molar-refractivity contribution in [2.75, 3.05) is 11.9 Å². The Kier molecular flexibility index (Phi) is 5.11. The fraction of sp³-hybridized carbons (Fsp3) is 0.429. The van der Waals surface area contributed by atoms with Gasteiger partial charge in [-0.15, -0.1) is 0 Å². The quantitative estimate of drug-likeness (QED) is 0.835. The maximum absolute atomic E-state index is 11.8. The average molecular weight is 327 g/mol. The largest absolute Gasteiger partial charge is 0.346 e. The third-order valence-corrected chi connectivity index (χ3v) is 3.19. The molecule has 5 heteroatoms. The molecule has 1 rings (SSSR count). The molecule has 4 nitrogen and oxygen atoms in total. The number of alkyl halides is 1. The second kappa shape index (κ2) is 6.19. The van der Waals surface area contributed by atoms with Crippen LogP contribution in [-0.4, -0.2) is 22.7 Å². The summed E-state index contributed by atoms with van der Waals surface area (Å²) in [5.74, 6) is -0.456. The summed E-state index contributed by atoms with van der Waals surface area (Å²) in [6, 6.07) is 5.72. The van der Waals surface area contributed by atoms with Crippen LogP contribution in [0.15, 0.2) is 18.2 Å². The van der Waals surface area contributed by atoms with Crippen LogP contribution in [0.25, 0.3) is 0 Å². The average Bonchev–Trinajstić information content (AvgIpc) is 2.30. The third kappa shape index (κ3) is 4.67. The normalized spacial score (nSPS) is 11.0. The molecule has 2 N–H and O–H groups in total. The number of anilines is 1. The second-order valence-corrected chi connectivity index (χ2v) is 6.93. The minimum absolute atomic E-state index is 0.0404. The Morgan fingerprint density at radius 3 is 2.47 bits per heavy atom. The van der Waals surface area contributed by atoms with Crippen molar-refractivity contribution in [2.24, 2.45) is 0 Å². The molecule has 0 unspecified atom stereocenters. The summed E-state index contributed by atoms with van der Waals surface area (Å²) in [5, 5.41) is 5.37. The number of benzene rings is 1. The van der Waals surface area contributed by atoms with Crippen LogP contribution in [0.4, 0.5) is 5.69 Å². The molecule has 0 aliphatic rings. The molecule has 104 valence electrons. The molecule has 0 saturated carbocycles. The fourth-order valence-electron chi connectivity index (χ4n) is 1.45. The lowest BCUT2D eigenvalue weighted by molar-refractivity contribution is -0.125. The number of hydrogen-bond donors (Lipinski definition) is 2. The summed E-state index contributed by atoms with van der Waals surface area (Å²) < 4.78 is -0.674. The fourth-order valence-corrected chi connectivity index (χ4v) is 1.59. The van der Waals surface area contributed by atoms with E-state index >= 15 is 0 Å². The van der Waals surface area contributed by atoms with Crippen molar-refractivity contribution in [3.8, 4) is 0 Å². The standard InChI is InChI=1S/C14H19BrN2O2/c1-9-6-5-7-11(10(9)2)17-12(18)8-16-13(19)14(3,4)15/h5-7H,8H2,1-4H3,(H,16,19)(H,17,18). The molecular weight excluding hydrogens is 308 g/mol. The first-order valence-corrected chi connectivity index (χ1v) is 6.84. The van der Waals surface area contributed by atoms with Gasteiger partial charge in [0.15, 0.2) is 0 Å². The van der Waals surface area contributed by atoms with Gasteiger partial charge in [-0.3, -0.25) is 9.59 Å². The van der Waals surface area contributed by atoms with Gasteiger partial charge in [0.25, 0.3) is 0 Å². The van der Waals surface area contributed by atoms with Gasteiger partial charge in [-0.05, 0) is 44.9 Å². The molecule has 0 radical (unpaired) electrons. The first-order valence-electron chi connectivity index (χ1n) is 6.05. The molecule has 2 amide bonds. The Bertz CT molecular complexity index is 493. The van der Waals surface area contributed by atoms with Crippen LogP contribution >= 0.6 is 15.9 Å². The van der Waals surface area contributed by atoms with E-state index in [1.807, 2.05) is 32.0 Å². The number of carbonyl (C=O) groups is 2. The number of nitrogens with one attached hydrogen (secondary N) is 2. The lowest BCUT2D eigenvalue weighted by Crippen LogP contribution is -2.41. The number of carbonyl (C=O) groups excluding carboxylic acids is 2. The van der Waals surface area contributed by atoms with E-state index in [9.17, 15) is 9.59 Å². The van der Waals surface area contributed by atoms with Crippen LogP contribution in [-0.2, 0) is 9.59 Å². The Labute approximate surface area is 122 Å². The molecule has 0 aliphatic carbocycles. The molecule has 0 aliphatic heterocycles. The molecule has 0 heterocycles. The highest BCUT2D eigenvalue weighted by Crippen LogP contribution is 2.18. The first kappa shape index (κ1) is 15.7. The van der Waals surface area contributed by atoms with Crippen LogP contribution in [0.2, 0.25) is 0 Å². The molecule has 0 fully saturated rings. The summed E-state index contributed by atoms with van der Waals surface area (Å²) in [6.07, 6.45) is 0. The lowest BCUT2D eigenvalue weighted by atomic mass is 10.1. The van der Waals surface area contributed by atoms with Crippen molar-refractivity contribution in [2.45, 2.75) is 32.0 Å². The maximum atomic E-state index is 11.8. The van der Waals surface area contributed by atoms with Crippen molar-refractivity contribution in [3.63, 3.8) is 0 Å². The molecule has 1 aromatic carbocycles. The summed E-state index contributed by atoms with van der Waals surface area (Å²) in [4.78, 5) is 23.4. The molecule has 1 aromatic rings. The van der Waals surface area contributed by atoms with E-state index in [0.717, 1.165) is 16.8 Å². The number of halogens is 1. The van der Waals surface area contributed by atoms with Crippen molar-refractivity contribution < 1.29 is 9.59 Å². The van der Waals surface area contributed by atoms with E-state index in [1.165, 1.54) is 0 Å². The highest BCUT2D eigenvalue weighted by atomic mass is 79.9. The van der Waals surface area contributed by atoms with Gasteiger partial charge in [-0.1, -0.05) is 28.1 Å². The zero-order valence-electron chi connectivity index (χ0n) is 11.6. The predicted molar refractivity (Wildman–Crippen MR) is 80.6 cm³/mol. The zero-order valence-corrected chi connectivity index (χ0v) is 13.2. The van der Waals surface area contributed by atoms with E-state index in [0.29, 0.717) is 0 Å². The highest BCUT2D eigenvalue weighted by Gasteiger charge is 2.23. The van der Waals surface area contributed by atoms with E-state index in [-0.39, 0.29) is 18.4 Å². The predicted octanol–water partition coefficient (Wildman–Crippen LogP) is 2.53. The van der Waals surface area contributed by atoms with Gasteiger partial charge in [-0.2, -0.15) is 0 Å². The number of hydrogen-bond acceptors (Lipinski definition) is 2. The van der Waals surface area contributed by atoms with E-state index in [1.54, 1.807) is 13.8 Å². The van der Waals surface area contributed by atoms with Crippen LogP contribution in [0, 0.1) is 13.8 Å². The Morgan fingerprint density at radius 1 is 1.26 bits per heavy atom. The molecule has 0 spiro atoms. The minimum atomic E-state index is -0.674. The van der Waals surface area contributed by atoms with E-state index in [2.05, 4.69) is 26.6 Å². The lowest BCUT2D eigenvalue weighted by Gasteiger charge is -2.16. The molecule has 19 heavy (non-hydrogen) atoms. The molecule has 0 atom stereocenters. The number of amides is 2. The summed E-state index contributed by atoms with van der Waals surface area (Å²) >= 11 is 3.24. The van der Waals surface area contributed by atoms with Crippen molar-refractivity contribution in [1.82, 2.24) is 5.32 Å². The maximum Gasteiger partial charge on any atom is 0.243 e. The molecule has 0 bridgehead atoms. The monoisotopic (exact) mass is 326 g/mol. The summed E-state index contributed by atoms with van der Waals surface area (Å²) in [5.41, 5.74) is 2.92. The van der Waals surface area contributed by atoms with Crippen molar-refractivity contribution in [3.05, 3.63) is 29.3 Å². The van der Waals surface area contributed by atoms with E-state index < -0.39 is 4.32 Å². The topological polar surface area (TPSA) is 58.2 Å². The third-order valence-electron chi connectivity index (χ3n) is 2.83. The Balaban J connectivity index is 2.57. The number of aryl methyl sites for hydroxylation is 1. The van der Waals surface area contributed by atoms with Gasteiger partial charge >= 0.3 is 0 Å². The Hall–Kier alpha value is -1.36. The molecular formula is C14H19BrN2O2. The van der Waals surface area contributed by atoms with E-state index in [4.69, 9.17) is 0 Å². The van der Waals surface area contributed by atoms with Gasteiger partial charge in [-0.25, -0.2) is 0 Å². The van der Waals surface area contributed by atoms with Gasteiger partial charge in [0.1, 0.15) is 0 Å². The van der Waals surface area contributed by atoms with Crippen molar-refractivity contribution >= 4 is 33.4 Å². The van der Waals surface area contributed by atoms with Crippen LogP contribution in [0.3, 0.4) is 0 Å². The molecule has 0 aromatic heterocycles. The highest BCUT2D eigenvalue weighted by molar-refractivity contribution is 9.10. The van der Waals surface area contributed by atoms with Crippen LogP contribution in [0.1, 0.15) is 25.0 Å². The number of rotatable bonds is 4. The van der Waals surface area contributed by atoms with Crippen LogP contribution < -0.4 is 10.6 Å². The molecule has 0 saturated heterocycles. The summed E-state index contributed by atoms with van der Waals surface area (Å²) in [7, 11) is 0. The smallest absolute Gasteiger partial charge is 0.243 e. The summed E-state index contributed by atoms with van der Waals surface area (Å²) in [6.45, 7) is 7.35. The van der Waals surface area contributed by atoms with Crippen LogP contribution in [0.5, 0.6) is 0 Å². The first-order chi connectivity index (χ1) is 8.71. The second-order valence-electron chi connectivity index (χ2n) is 4.95. The van der Waals surface area contributed by atoms with Gasteiger partial charge < -0.3 is 10.6 Å². The minimum Gasteiger partial charge on any atom is -0.346 e. The van der Waals surface area contributed by atoms with Gasteiger partial charge in [0.05, 0.1) is 10.9 Å². The Morgan fingerprint density at radius 2 is 1.89 bits per heavy atom. The zero-order chi connectivity index (χ0) is 14.6. The van der Waals surface area contributed by atoms with Gasteiger partial charge in [0.2, 0.25) is 11.8 Å². The SMILES string of the molecule is Cc1cccc(NC(=O)CNC(=O)C(C)(C)Br)c1C. The van der Waals surface area contributed by atoms with Crippen molar-refractivity contribution in [1.29, 1.82) is 0 Å².